The molecule has 0 spiro atoms. The fraction of sp³-hybridized carbons (Fsp3) is 0.130. The number of rotatable bonds is 4. The van der Waals surface area contributed by atoms with Crippen LogP contribution in [0.25, 0.3) is 5.76 Å². The number of amides is 1. The summed E-state index contributed by atoms with van der Waals surface area (Å²) in [6.07, 6.45) is 0. The third kappa shape index (κ3) is 3.57. The molecule has 1 amide bonds. The van der Waals surface area contributed by atoms with Crippen molar-refractivity contribution in [2.75, 3.05) is 12.0 Å². The van der Waals surface area contributed by atoms with E-state index in [0.717, 1.165) is 0 Å². The Hall–Kier alpha value is -3.58. The molecule has 1 N–H and O–H groups in total. The van der Waals surface area contributed by atoms with Crippen molar-refractivity contribution in [2.45, 2.75) is 13.0 Å². The van der Waals surface area contributed by atoms with E-state index in [2.05, 4.69) is 0 Å². The number of carbonyl (C=O) groups excluding carboxylic acids is 2. The Labute approximate surface area is 182 Å². The van der Waals surface area contributed by atoms with E-state index in [9.17, 15) is 19.1 Å². The lowest BCUT2D eigenvalue weighted by Gasteiger charge is -2.23. The van der Waals surface area contributed by atoms with Crippen molar-refractivity contribution in [1.29, 1.82) is 0 Å². The number of aliphatic hydroxyl groups excluding tert-OH is 1. The first-order valence-electron chi connectivity index (χ1n) is 9.28. The Morgan fingerprint density at radius 3 is 2.45 bits per heavy atom. The number of hydrogen-bond acceptors (Lipinski definition) is 5. The fourth-order valence-electron chi connectivity index (χ4n) is 3.58. The molecule has 1 unspecified atom stereocenters. The maximum Gasteiger partial charge on any atom is 0.300 e. The van der Waals surface area contributed by atoms with Crippen molar-refractivity contribution in [3.05, 3.63) is 88.1 Å². The van der Waals surface area contributed by atoms with Gasteiger partial charge >= 0.3 is 0 Å². The Morgan fingerprint density at radius 2 is 1.84 bits per heavy atom. The van der Waals surface area contributed by atoms with Crippen LogP contribution in [0, 0.1) is 12.7 Å². The molecular weight excluding hydrogens is 425 g/mol. The van der Waals surface area contributed by atoms with Crippen LogP contribution >= 0.6 is 11.6 Å². The van der Waals surface area contributed by atoms with Gasteiger partial charge in [-0.05, 0) is 61.5 Å². The van der Waals surface area contributed by atoms with E-state index in [4.69, 9.17) is 20.8 Å². The molecule has 4 rings (SSSR count). The number of aliphatic hydroxyl groups is 1. The van der Waals surface area contributed by atoms with Crippen molar-refractivity contribution in [3.63, 3.8) is 0 Å². The van der Waals surface area contributed by atoms with Gasteiger partial charge in [0.15, 0.2) is 0 Å². The molecule has 3 aromatic rings. The standard InChI is InChI=1S/C23H17ClFNO5/c1-12-3-9-18(31-12)20-19(21(27)16-11-13(24)4-10-17(16)30-2)22(28)23(29)26(20)15-7-5-14(25)6-8-15/h3-11,20,27H,1-2H3/b21-19+. The van der Waals surface area contributed by atoms with Gasteiger partial charge in [-0.25, -0.2) is 4.39 Å². The third-order valence-corrected chi connectivity index (χ3v) is 5.23. The van der Waals surface area contributed by atoms with Crippen LogP contribution in [0.2, 0.25) is 5.02 Å². The fourth-order valence-corrected chi connectivity index (χ4v) is 3.75. The SMILES string of the molecule is COc1ccc(Cl)cc1/C(O)=C1\C(=O)C(=O)N(c2ccc(F)cc2)C1c1ccc(C)o1. The average Bonchev–Trinajstić information content (AvgIpc) is 3.29. The minimum Gasteiger partial charge on any atom is -0.507 e. The van der Waals surface area contributed by atoms with Crippen LogP contribution in [0.3, 0.4) is 0 Å². The smallest absolute Gasteiger partial charge is 0.300 e. The van der Waals surface area contributed by atoms with Crippen molar-refractivity contribution in [1.82, 2.24) is 0 Å². The summed E-state index contributed by atoms with van der Waals surface area (Å²) in [5.74, 6) is -1.65. The zero-order valence-corrected chi connectivity index (χ0v) is 17.3. The molecule has 1 saturated heterocycles. The van der Waals surface area contributed by atoms with Crippen molar-refractivity contribution in [3.8, 4) is 5.75 Å². The summed E-state index contributed by atoms with van der Waals surface area (Å²) in [6, 6.07) is 11.9. The van der Waals surface area contributed by atoms with Gasteiger partial charge < -0.3 is 14.3 Å². The number of furan rings is 1. The second-order valence-electron chi connectivity index (χ2n) is 6.94. The van der Waals surface area contributed by atoms with E-state index >= 15 is 0 Å². The summed E-state index contributed by atoms with van der Waals surface area (Å²) in [5, 5.41) is 11.4. The summed E-state index contributed by atoms with van der Waals surface area (Å²) < 4.78 is 24.5. The Balaban J connectivity index is 1.97. The van der Waals surface area contributed by atoms with Gasteiger partial charge in [-0.2, -0.15) is 0 Å². The molecular formula is C23H17ClFNO5. The predicted molar refractivity (Wildman–Crippen MR) is 113 cm³/mol. The molecule has 1 fully saturated rings. The molecule has 1 aliphatic rings. The molecule has 0 bridgehead atoms. The van der Waals surface area contributed by atoms with E-state index in [1.807, 2.05) is 0 Å². The van der Waals surface area contributed by atoms with Crippen LogP contribution in [0.15, 0.2) is 64.6 Å². The zero-order chi connectivity index (χ0) is 22.3. The molecule has 2 aromatic carbocycles. The number of carbonyl (C=O) groups is 2. The normalized spacial score (nSPS) is 17.9. The molecule has 0 radical (unpaired) electrons. The number of methoxy groups -OCH3 is 1. The highest BCUT2D eigenvalue weighted by molar-refractivity contribution is 6.51. The molecule has 0 saturated carbocycles. The maximum atomic E-state index is 13.5. The molecule has 6 nitrogen and oxygen atoms in total. The van der Waals surface area contributed by atoms with Crippen molar-refractivity contribution in [2.24, 2.45) is 0 Å². The summed E-state index contributed by atoms with van der Waals surface area (Å²) in [6.45, 7) is 1.72. The minimum absolute atomic E-state index is 0.153. The van der Waals surface area contributed by atoms with Crippen LogP contribution in [0.4, 0.5) is 10.1 Å². The quantitative estimate of drug-likeness (QED) is 0.349. The topological polar surface area (TPSA) is 80.0 Å². The van der Waals surface area contributed by atoms with Gasteiger partial charge in [0.1, 0.15) is 34.9 Å². The van der Waals surface area contributed by atoms with E-state index in [1.165, 1.54) is 42.3 Å². The summed E-state index contributed by atoms with van der Waals surface area (Å²) in [5.41, 5.74) is 0.240. The van der Waals surface area contributed by atoms with Gasteiger partial charge in [0.2, 0.25) is 0 Å². The molecule has 1 atom stereocenters. The van der Waals surface area contributed by atoms with E-state index in [-0.39, 0.29) is 28.3 Å². The van der Waals surface area contributed by atoms with Crippen LogP contribution in [-0.4, -0.2) is 23.9 Å². The van der Waals surface area contributed by atoms with Crippen molar-refractivity contribution < 1.29 is 28.2 Å². The van der Waals surface area contributed by atoms with Crippen LogP contribution in [0.5, 0.6) is 5.75 Å². The van der Waals surface area contributed by atoms with Gasteiger partial charge in [-0.3, -0.25) is 14.5 Å². The number of hydrogen-bond donors (Lipinski definition) is 1. The van der Waals surface area contributed by atoms with Crippen molar-refractivity contribution >= 4 is 34.7 Å². The van der Waals surface area contributed by atoms with Gasteiger partial charge in [-0.1, -0.05) is 11.6 Å². The van der Waals surface area contributed by atoms with Gasteiger partial charge in [0, 0.05) is 10.7 Å². The van der Waals surface area contributed by atoms with Crippen LogP contribution in [-0.2, 0) is 9.59 Å². The predicted octanol–water partition coefficient (Wildman–Crippen LogP) is 5.02. The zero-order valence-electron chi connectivity index (χ0n) is 16.6. The lowest BCUT2D eigenvalue weighted by Crippen LogP contribution is -2.29. The monoisotopic (exact) mass is 441 g/mol. The maximum absolute atomic E-state index is 13.5. The first-order chi connectivity index (χ1) is 14.8. The number of nitrogens with zero attached hydrogens (tertiary/aromatic N) is 1. The average molecular weight is 442 g/mol. The number of ether oxygens (including phenoxy) is 1. The molecule has 2 heterocycles. The first-order valence-corrected chi connectivity index (χ1v) is 9.66. The highest BCUT2D eigenvalue weighted by Crippen LogP contribution is 2.44. The number of aryl methyl sites for hydroxylation is 1. The Kier molecular flexibility index (Phi) is 5.29. The van der Waals surface area contributed by atoms with E-state index in [0.29, 0.717) is 10.8 Å². The second-order valence-corrected chi connectivity index (χ2v) is 7.37. The highest BCUT2D eigenvalue weighted by Gasteiger charge is 2.48. The number of halogens is 2. The number of anilines is 1. The highest BCUT2D eigenvalue weighted by atomic mass is 35.5. The molecule has 0 aliphatic carbocycles. The molecule has 31 heavy (non-hydrogen) atoms. The molecule has 1 aliphatic heterocycles. The van der Waals surface area contributed by atoms with Crippen LogP contribution < -0.4 is 9.64 Å². The Bertz CT molecular complexity index is 1210. The van der Waals surface area contributed by atoms with E-state index < -0.39 is 29.3 Å². The second kappa shape index (κ2) is 7.92. The number of ketones is 1. The molecule has 158 valence electrons. The van der Waals surface area contributed by atoms with E-state index in [1.54, 1.807) is 31.2 Å². The molecule has 1 aromatic heterocycles. The minimum atomic E-state index is -1.07. The number of benzene rings is 2. The summed E-state index contributed by atoms with van der Waals surface area (Å²) in [7, 11) is 1.41. The van der Waals surface area contributed by atoms with Gasteiger partial charge in [0.25, 0.3) is 11.7 Å². The lowest BCUT2D eigenvalue weighted by molar-refractivity contribution is -0.132. The third-order valence-electron chi connectivity index (χ3n) is 5.00. The molecule has 8 heteroatoms. The largest absolute Gasteiger partial charge is 0.507 e. The first kappa shape index (κ1) is 20.7. The van der Waals surface area contributed by atoms with Crippen LogP contribution in [0.1, 0.15) is 23.1 Å². The lowest BCUT2D eigenvalue weighted by atomic mass is 9.98. The van der Waals surface area contributed by atoms with Gasteiger partial charge in [0.05, 0.1) is 18.2 Å². The number of Topliss-reactive ketones (excluding diaryl/α,β-unsaturated/α-hetero) is 1. The summed E-state index contributed by atoms with van der Waals surface area (Å²) in [4.78, 5) is 27.2. The van der Waals surface area contributed by atoms with Gasteiger partial charge in [-0.15, -0.1) is 0 Å². The summed E-state index contributed by atoms with van der Waals surface area (Å²) >= 11 is 6.08. The Morgan fingerprint density at radius 1 is 1.13 bits per heavy atom.